The summed E-state index contributed by atoms with van der Waals surface area (Å²) in [5, 5.41) is 0. The predicted octanol–water partition coefficient (Wildman–Crippen LogP) is 2.88. The van der Waals surface area contributed by atoms with Gasteiger partial charge < -0.3 is 9.88 Å². The van der Waals surface area contributed by atoms with Crippen molar-refractivity contribution in [2.45, 2.75) is 25.7 Å². The smallest absolute Gasteiger partial charge is 0.203 e. The molecule has 0 spiro atoms. The quantitative estimate of drug-likeness (QED) is 0.941. The third-order valence-electron chi connectivity index (χ3n) is 5.04. The largest absolute Gasteiger partial charge is 0.340 e. The van der Waals surface area contributed by atoms with E-state index < -0.39 is 0 Å². The lowest BCUT2D eigenvalue weighted by molar-refractivity contribution is 0.219. The molecule has 0 atom stereocenters. The van der Waals surface area contributed by atoms with Crippen LogP contribution in [0.25, 0.3) is 11.0 Å². The maximum atomic E-state index is 4.72. The van der Waals surface area contributed by atoms with Crippen LogP contribution < -0.4 is 4.90 Å². The van der Waals surface area contributed by atoms with Crippen molar-refractivity contribution < 1.29 is 0 Å². The van der Waals surface area contributed by atoms with E-state index >= 15 is 0 Å². The van der Waals surface area contributed by atoms with E-state index in [1.165, 1.54) is 45.3 Å². The van der Waals surface area contributed by atoms with Gasteiger partial charge in [0.05, 0.1) is 11.0 Å². The van der Waals surface area contributed by atoms with Gasteiger partial charge in [-0.05, 0) is 30.9 Å². The molecular weight excluding hydrogens is 260 g/mol. The Morgan fingerprint density at radius 3 is 2.57 bits per heavy atom. The first-order chi connectivity index (χ1) is 10.4. The van der Waals surface area contributed by atoms with Crippen LogP contribution in [0.2, 0.25) is 0 Å². The molecule has 2 aromatic rings. The Labute approximate surface area is 126 Å². The van der Waals surface area contributed by atoms with Crippen LogP contribution in [-0.2, 0) is 0 Å². The molecule has 1 saturated carbocycles. The third-order valence-corrected chi connectivity index (χ3v) is 5.04. The maximum absolute atomic E-state index is 4.72. The molecule has 4 nitrogen and oxygen atoms in total. The minimum Gasteiger partial charge on any atom is -0.340 e. The van der Waals surface area contributed by atoms with E-state index in [0.29, 0.717) is 0 Å². The molecule has 4 rings (SSSR count). The molecule has 21 heavy (non-hydrogen) atoms. The molecule has 2 fully saturated rings. The molecule has 0 bridgehead atoms. The van der Waals surface area contributed by atoms with Crippen molar-refractivity contribution in [3.8, 4) is 0 Å². The number of anilines is 1. The topological polar surface area (TPSA) is 35.2 Å². The Balaban J connectivity index is 1.38. The molecular formula is C17H24N4. The summed E-state index contributed by atoms with van der Waals surface area (Å²) < 4.78 is 0. The van der Waals surface area contributed by atoms with Crippen molar-refractivity contribution in [2.75, 3.05) is 37.6 Å². The van der Waals surface area contributed by atoms with Crippen LogP contribution in [0.3, 0.4) is 0 Å². The number of para-hydroxylation sites is 2. The Kier molecular flexibility index (Phi) is 3.55. The zero-order valence-corrected chi connectivity index (χ0v) is 12.6. The predicted molar refractivity (Wildman–Crippen MR) is 86.7 cm³/mol. The fraction of sp³-hybridized carbons (Fsp3) is 0.588. The van der Waals surface area contributed by atoms with Crippen LogP contribution in [0.5, 0.6) is 0 Å². The lowest BCUT2D eigenvalue weighted by Crippen LogP contribution is -2.48. The van der Waals surface area contributed by atoms with Gasteiger partial charge in [-0.1, -0.05) is 25.0 Å². The maximum Gasteiger partial charge on any atom is 0.203 e. The molecule has 0 unspecified atom stereocenters. The summed E-state index contributed by atoms with van der Waals surface area (Å²) >= 11 is 0. The SMILES string of the molecule is c1ccc2[nH]c(N3CCN(CC4CCCC4)CC3)nc2c1. The van der Waals surface area contributed by atoms with Gasteiger partial charge in [0.1, 0.15) is 0 Å². The van der Waals surface area contributed by atoms with Crippen LogP contribution in [0, 0.1) is 5.92 Å². The number of nitrogens with one attached hydrogen (secondary N) is 1. The standard InChI is InChI=1S/C17H24N4/c1-2-6-14(5-1)13-20-9-11-21(12-10-20)17-18-15-7-3-4-8-16(15)19-17/h3-4,7-8,14H,1-2,5-6,9-13H2,(H,18,19). The highest BCUT2D eigenvalue weighted by Crippen LogP contribution is 2.26. The monoisotopic (exact) mass is 284 g/mol. The number of nitrogens with zero attached hydrogens (tertiary/aromatic N) is 3. The number of hydrogen-bond donors (Lipinski definition) is 1. The normalized spacial score (nSPS) is 21.4. The fourth-order valence-electron chi connectivity index (χ4n) is 3.79. The first kappa shape index (κ1) is 13.1. The Hall–Kier alpha value is -1.55. The highest BCUT2D eigenvalue weighted by atomic mass is 15.3. The van der Waals surface area contributed by atoms with Crippen molar-refractivity contribution in [1.82, 2.24) is 14.9 Å². The molecule has 1 N–H and O–H groups in total. The van der Waals surface area contributed by atoms with Crippen LogP contribution in [-0.4, -0.2) is 47.6 Å². The fourth-order valence-corrected chi connectivity index (χ4v) is 3.79. The van der Waals surface area contributed by atoms with Crippen LogP contribution in [0.15, 0.2) is 24.3 Å². The molecule has 0 radical (unpaired) electrons. The van der Waals surface area contributed by atoms with E-state index in [1.807, 2.05) is 6.07 Å². The van der Waals surface area contributed by atoms with Crippen LogP contribution >= 0.6 is 0 Å². The number of aromatic amines is 1. The number of imidazole rings is 1. The minimum atomic E-state index is 0.961. The number of H-pyrrole nitrogens is 1. The first-order valence-corrected chi connectivity index (χ1v) is 8.30. The van der Waals surface area contributed by atoms with Gasteiger partial charge in [0.15, 0.2) is 0 Å². The van der Waals surface area contributed by atoms with Crippen molar-refractivity contribution in [3.63, 3.8) is 0 Å². The van der Waals surface area contributed by atoms with Gasteiger partial charge in [0, 0.05) is 32.7 Å². The number of piperazine rings is 1. The summed E-state index contributed by atoms with van der Waals surface area (Å²) in [4.78, 5) is 13.2. The zero-order valence-electron chi connectivity index (χ0n) is 12.6. The summed E-state index contributed by atoms with van der Waals surface area (Å²) in [6.07, 6.45) is 5.79. The molecule has 1 aromatic carbocycles. The van der Waals surface area contributed by atoms with E-state index in [9.17, 15) is 0 Å². The highest BCUT2D eigenvalue weighted by molar-refractivity contribution is 5.77. The van der Waals surface area contributed by atoms with Crippen LogP contribution in [0.4, 0.5) is 5.95 Å². The molecule has 4 heteroatoms. The van der Waals surface area contributed by atoms with Crippen molar-refractivity contribution in [2.24, 2.45) is 5.92 Å². The molecule has 1 aliphatic carbocycles. The van der Waals surface area contributed by atoms with Crippen molar-refractivity contribution >= 4 is 17.0 Å². The van der Waals surface area contributed by atoms with E-state index in [4.69, 9.17) is 4.98 Å². The molecule has 2 heterocycles. The summed E-state index contributed by atoms with van der Waals surface area (Å²) in [6, 6.07) is 8.28. The second kappa shape index (κ2) is 5.68. The zero-order chi connectivity index (χ0) is 14.1. The molecule has 1 aliphatic heterocycles. The Morgan fingerprint density at radius 1 is 1.05 bits per heavy atom. The Morgan fingerprint density at radius 2 is 1.81 bits per heavy atom. The molecule has 2 aliphatic rings. The van der Waals surface area contributed by atoms with E-state index in [1.54, 1.807) is 0 Å². The number of hydrogen-bond acceptors (Lipinski definition) is 3. The average Bonchev–Trinajstić information content (AvgIpc) is 3.16. The second-order valence-corrected chi connectivity index (χ2v) is 6.52. The molecule has 0 amide bonds. The van der Waals surface area contributed by atoms with Gasteiger partial charge in [-0.15, -0.1) is 0 Å². The van der Waals surface area contributed by atoms with Gasteiger partial charge in [0.25, 0.3) is 0 Å². The summed E-state index contributed by atoms with van der Waals surface area (Å²) in [5.41, 5.74) is 2.21. The van der Waals surface area contributed by atoms with Gasteiger partial charge >= 0.3 is 0 Å². The number of fused-ring (bicyclic) bond motifs is 1. The minimum absolute atomic E-state index is 0.961. The number of rotatable bonds is 3. The molecule has 112 valence electrons. The van der Waals surface area contributed by atoms with Crippen molar-refractivity contribution in [3.05, 3.63) is 24.3 Å². The third kappa shape index (κ3) is 2.77. The van der Waals surface area contributed by atoms with Gasteiger partial charge in [-0.3, -0.25) is 4.90 Å². The van der Waals surface area contributed by atoms with E-state index in [-0.39, 0.29) is 0 Å². The summed E-state index contributed by atoms with van der Waals surface area (Å²) in [5.74, 6) is 2.00. The average molecular weight is 284 g/mol. The first-order valence-electron chi connectivity index (χ1n) is 8.30. The van der Waals surface area contributed by atoms with Crippen LogP contribution in [0.1, 0.15) is 25.7 Å². The van der Waals surface area contributed by atoms with Gasteiger partial charge in [-0.2, -0.15) is 0 Å². The molecule has 1 aromatic heterocycles. The second-order valence-electron chi connectivity index (χ2n) is 6.52. The summed E-state index contributed by atoms with van der Waals surface area (Å²) in [6.45, 7) is 5.84. The van der Waals surface area contributed by atoms with Gasteiger partial charge in [0.2, 0.25) is 5.95 Å². The molecule has 1 saturated heterocycles. The Bertz CT molecular complexity index is 559. The van der Waals surface area contributed by atoms with Gasteiger partial charge in [-0.25, -0.2) is 4.98 Å². The highest BCUT2D eigenvalue weighted by Gasteiger charge is 2.23. The van der Waals surface area contributed by atoms with E-state index in [0.717, 1.165) is 36.0 Å². The lowest BCUT2D eigenvalue weighted by atomic mass is 10.1. The van der Waals surface area contributed by atoms with Crippen molar-refractivity contribution in [1.29, 1.82) is 0 Å². The number of aromatic nitrogens is 2. The summed E-state index contributed by atoms with van der Waals surface area (Å²) in [7, 11) is 0. The number of benzene rings is 1. The lowest BCUT2D eigenvalue weighted by Gasteiger charge is -2.35. The van der Waals surface area contributed by atoms with E-state index in [2.05, 4.69) is 33.0 Å².